The van der Waals surface area contributed by atoms with Crippen molar-refractivity contribution in [3.8, 4) is 0 Å². The van der Waals surface area contributed by atoms with Gasteiger partial charge in [0.25, 0.3) is 0 Å². The van der Waals surface area contributed by atoms with E-state index in [1.165, 1.54) is 6.34 Å². The lowest BCUT2D eigenvalue weighted by molar-refractivity contribution is 0.100. The number of carbonyl (C=O) groups excluding carboxylic acids is 1. The van der Waals surface area contributed by atoms with Crippen LogP contribution in [-0.4, -0.2) is 18.6 Å². The Labute approximate surface area is 81.2 Å². The molecule has 1 rings (SSSR count). The van der Waals surface area contributed by atoms with Gasteiger partial charge in [0, 0.05) is 5.56 Å². The summed E-state index contributed by atoms with van der Waals surface area (Å²) >= 11 is 0. The van der Waals surface area contributed by atoms with Gasteiger partial charge in [-0.3, -0.25) is 4.79 Å². The number of amides is 1. The minimum absolute atomic E-state index is 0.450. The fraction of sp³-hybridized carbons (Fsp3) is 0. The van der Waals surface area contributed by atoms with E-state index in [9.17, 15) is 4.79 Å². The zero-order valence-electron chi connectivity index (χ0n) is 7.42. The van der Waals surface area contributed by atoms with E-state index in [2.05, 4.69) is 9.98 Å². The van der Waals surface area contributed by atoms with Crippen LogP contribution in [0.2, 0.25) is 0 Å². The molecule has 0 spiro atoms. The van der Waals surface area contributed by atoms with Gasteiger partial charge in [0.05, 0.1) is 12.0 Å². The first kappa shape index (κ1) is 9.91. The molecule has 0 aliphatic heterocycles. The van der Waals surface area contributed by atoms with Crippen molar-refractivity contribution in [1.29, 1.82) is 0 Å². The third kappa shape index (κ3) is 2.71. The van der Waals surface area contributed by atoms with Gasteiger partial charge in [0.2, 0.25) is 5.91 Å². The quantitative estimate of drug-likeness (QED) is 0.534. The highest BCUT2D eigenvalue weighted by Gasteiger charge is 1.97. The molecule has 14 heavy (non-hydrogen) atoms. The van der Waals surface area contributed by atoms with Gasteiger partial charge in [-0.15, -0.1) is 0 Å². The molecule has 1 amide bonds. The Hall–Kier alpha value is -2.17. The second-order valence-corrected chi connectivity index (χ2v) is 2.45. The molecule has 0 saturated carbocycles. The lowest BCUT2D eigenvalue weighted by Gasteiger charge is -1.94. The maximum absolute atomic E-state index is 10.7. The average Bonchev–Trinajstić information content (AvgIpc) is 2.19. The molecule has 0 radical (unpaired) electrons. The predicted octanol–water partition coefficient (Wildman–Crippen LogP) is 0.432. The molecule has 72 valence electrons. The van der Waals surface area contributed by atoms with Crippen molar-refractivity contribution in [2.45, 2.75) is 0 Å². The first-order chi connectivity index (χ1) is 6.74. The van der Waals surface area contributed by atoms with Crippen molar-refractivity contribution >= 4 is 24.3 Å². The van der Waals surface area contributed by atoms with E-state index in [1.807, 2.05) is 0 Å². The molecule has 0 aromatic heterocycles. The van der Waals surface area contributed by atoms with Gasteiger partial charge in [-0.05, 0) is 24.3 Å². The molecule has 5 nitrogen and oxygen atoms in total. The van der Waals surface area contributed by atoms with Crippen LogP contribution in [0.15, 0.2) is 34.3 Å². The van der Waals surface area contributed by atoms with Crippen molar-refractivity contribution in [2.24, 2.45) is 21.5 Å². The minimum atomic E-state index is -0.458. The van der Waals surface area contributed by atoms with Crippen LogP contribution in [-0.2, 0) is 0 Å². The number of nitrogens with two attached hydrogens (primary N) is 2. The number of carbonyl (C=O) groups is 1. The zero-order valence-corrected chi connectivity index (χ0v) is 7.42. The SMILES string of the molecule is NC=NC=Nc1ccc(C(N)=O)cc1. The molecular weight excluding hydrogens is 180 g/mol. The Kier molecular flexibility index (Phi) is 3.37. The number of nitrogens with zero attached hydrogens (tertiary/aromatic N) is 2. The Morgan fingerprint density at radius 3 is 2.43 bits per heavy atom. The Morgan fingerprint density at radius 2 is 1.93 bits per heavy atom. The standard InChI is InChI=1S/C9H10N4O/c10-5-12-6-13-8-3-1-7(2-4-8)9(11)14/h1-6H,(H2,11,14)(H2,10,12,13). The number of hydrogen-bond acceptors (Lipinski definition) is 2. The van der Waals surface area contributed by atoms with Crippen LogP contribution in [0, 0.1) is 0 Å². The normalized spacial score (nSPS) is 11.1. The Bertz CT molecular complexity index is 367. The predicted molar refractivity (Wildman–Crippen MR) is 55.8 cm³/mol. The van der Waals surface area contributed by atoms with E-state index in [1.54, 1.807) is 24.3 Å². The highest BCUT2D eigenvalue weighted by atomic mass is 16.1. The summed E-state index contributed by atoms with van der Waals surface area (Å²) in [5.41, 5.74) is 11.2. The van der Waals surface area contributed by atoms with Crippen LogP contribution in [0.1, 0.15) is 10.4 Å². The Morgan fingerprint density at radius 1 is 1.29 bits per heavy atom. The summed E-state index contributed by atoms with van der Waals surface area (Å²) in [5, 5.41) is 0. The maximum atomic E-state index is 10.7. The van der Waals surface area contributed by atoms with Crippen molar-refractivity contribution < 1.29 is 4.79 Å². The summed E-state index contributed by atoms with van der Waals surface area (Å²) in [6.45, 7) is 0. The summed E-state index contributed by atoms with van der Waals surface area (Å²) in [5.74, 6) is -0.458. The molecule has 0 atom stereocenters. The second kappa shape index (κ2) is 4.76. The van der Waals surface area contributed by atoms with Crippen molar-refractivity contribution in [3.05, 3.63) is 29.8 Å². The molecule has 1 aromatic carbocycles. The van der Waals surface area contributed by atoms with E-state index in [0.717, 1.165) is 6.34 Å². The van der Waals surface area contributed by atoms with Crippen LogP contribution in [0.3, 0.4) is 0 Å². The molecule has 4 N–H and O–H groups in total. The van der Waals surface area contributed by atoms with Gasteiger partial charge < -0.3 is 11.5 Å². The van der Waals surface area contributed by atoms with Crippen LogP contribution in [0.25, 0.3) is 0 Å². The van der Waals surface area contributed by atoms with Gasteiger partial charge in [-0.2, -0.15) is 0 Å². The zero-order chi connectivity index (χ0) is 10.4. The highest BCUT2D eigenvalue weighted by molar-refractivity contribution is 5.93. The first-order valence-corrected chi connectivity index (χ1v) is 3.90. The molecule has 0 aliphatic rings. The lowest BCUT2D eigenvalue weighted by atomic mass is 10.2. The van der Waals surface area contributed by atoms with E-state index >= 15 is 0 Å². The van der Waals surface area contributed by atoms with Crippen LogP contribution >= 0.6 is 0 Å². The van der Waals surface area contributed by atoms with Crippen molar-refractivity contribution in [3.63, 3.8) is 0 Å². The van der Waals surface area contributed by atoms with Gasteiger partial charge >= 0.3 is 0 Å². The fourth-order valence-electron chi connectivity index (χ4n) is 0.850. The third-order valence-corrected chi connectivity index (χ3v) is 1.51. The Balaban J connectivity index is 2.78. The lowest BCUT2D eigenvalue weighted by Crippen LogP contribution is -2.10. The number of aliphatic imine (C=N–C) groups is 2. The topological polar surface area (TPSA) is 93.8 Å². The van der Waals surface area contributed by atoms with E-state index < -0.39 is 5.91 Å². The molecule has 0 saturated heterocycles. The largest absolute Gasteiger partial charge is 0.390 e. The van der Waals surface area contributed by atoms with Crippen molar-refractivity contribution in [1.82, 2.24) is 0 Å². The van der Waals surface area contributed by atoms with E-state index in [-0.39, 0.29) is 0 Å². The number of benzene rings is 1. The van der Waals surface area contributed by atoms with Gasteiger partial charge in [0.15, 0.2) is 0 Å². The molecule has 0 bridgehead atoms. The van der Waals surface area contributed by atoms with Crippen LogP contribution < -0.4 is 11.5 Å². The molecule has 1 aromatic rings. The summed E-state index contributed by atoms with van der Waals surface area (Å²) in [4.78, 5) is 18.3. The monoisotopic (exact) mass is 190 g/mol. The molecule has 5 heteroatoms. The summed E-state index contributed by atoms with van der Waals surface area (Å²) in [7, 11) is 0. The summed E-state index contributed by atoms with van der Waals surface area (Å²) < 4.78 is 0. The fourth-order valence-corrected chi connectivity index (χ4v) is 0.850. The smallest absolute Gasteiger partial charge is 0.248 e. The third-order valence-electron chi connectivity index (χ3n) is 1.51. The molecular formula is C9H10N4O. The highest BCUT2D eigenvalue weighted by Crippen LogP contribution is 2.11. The van der Waals surface area contributed by atoms with Gasteiger partial charge in [-0.1, -0.05) is 0 Å². The maximum Gasteiger partial charge on any atom is 0.248 e. The molecule has 0 heterocycles. The molecule has 0 fully saturated rings. The number of rotatable bonds is 3. The number of primary amides is 1. The van der Waals surface area contributed by atoms with E-state index in [4.69, 9.17) is 11.5 Å². The van der Waals surface area contributed by atoms with Crippen molar-refractivity contribution in [2.75, 3.05) is 0 Å². The first-order valence-electron chi connectivity index (χ1n) is 3.90. The second-order valence-electron chi connectivity index (χ2n) is 2.45. The van der Waals surface area contributed by atoms with E-state index in [0.29, 0.717) is 11.3 Å². The van der Waals surface area contributed by atoms with Crippen LogP contribution in [0.5, 0.6) is 0 Å². The summed E-state index contributed by atoms with van der Waals surface area (Å²) in [6.07, 6.45) is 2.46. The minimum Gasteiger partial charge on any atom is -0.390 e. The van der Waals surface area contributed by atoms with Gasteiger partial charge in [0.1, 0.15) is 6.34 Å². The molecule has 0 unspecified atom stereocenters. The average molecular weight is 190 g/mol. The number of hydrogen-bond donors (Lipinski definition) is 2. The van der Waals surface area contributed by atoms with Gasteiger partial charge in [-0.25, -0.2) is 9.98 Å². The molecule has 0 aliphatic carbocycles. The summed E-state index contributed by atoms with van der Waals surface area (Å²) in [6, 6.07) is 6.54. The van der Waals surface area contributed by atoms with Crippen LogP contribution in [0.4, 0.5) is 5.69 Å².